The highest BCUT2D eigenvalue weighted by atomic mass is 19.3. The Morgan fingerprint density at radius 1 is 1.30 bits per heavy atom. The second-order valence-electron chi connectivity index (χ2n) is 4.71. The minimum atomic E-state index is -2.44. The molecule has 0 aliphatic carbocycles. The number of hydrogen-bond acceptors (Lipinski definition) is 4. The summed E-state index contributed by atoms with van der Waals surface area (Å²) < 4.78 is 34.4. The Kier molecular flexibility index (Phi) is 7.43. The van der Waals surface area contributed by atoms with E-state index in [9.17, 15) is 8.78 Å². The summed E-state index contributed by atoms with van der Waals surface area (Å²) >= 11 is 0. The Bertz CT molecular complexity index is 389. The lowest BCUT2D eigenvalue weighted by Crippen LogP contribution is -2.29. The molecule has 0 bridgehead atoms. The first-order chi connectivity index (χ1) is 9.52. The Labute approximate surface area is 118 Å². The average Bonchev–Trinajstić information content (AvgIpc) is 2.38. The Morgan fingerprint density at radius 2 is 2.05 bits per heavy atom. The van der Waals surface area contributed by atoms with Gasteiger partial charge in [-0.2, -0.15) is 0 Å². The second-order valence-corrected chi connectivity index (χ2v) is 4.71. The first-order valence-corrected chi connectivity index (χ1v) is 6.61. The summed E-state index contributed by atoms with van der Waals surface area (Å²) in [6, 6.07) is 7.37. The molecule has 0 radical (unpaired) electrons. The van der Waals surface area contributed by atoms with Crippen molar-refractivity contribution in [3.05, 3.63) is 29.8 Å². The van der Waals surface area contributed by atoms with E-state index >= 15 is 0 Å². The number of nitrogens with one attached hydrogen (secondary N) is 1. The van der Waals surface area contributed by atoms with Crippen LogP contribution >= 0.6 is 0 Å². The summed E-state index contributed by atoms with van der Waals surface area (Å²) in [5.41, 5.74) is 3.60. The van der Waals surface area contributed by atoms with Crippen molar-refractivity contribution in [3.8, 4) is 5.75 Å². The first-order valence-electron chi connectivity index (χ1n) is 6.61. The molecule has 114 valence electrons. The van der Waals surface area contributed by atoms with E-state index < -0.39 is 13.0 Å². The van der Waals surface area contributed by atoms with Crippen molar-refractivity contribution in [1.29, 1.82) is 0 Å². The zero-order valence-corrected chi connectivity index (χ0v) is 11.8. The zero-order chi connectivity index (χ0) is 15.0. The maximum absolute atomic E-state index is 12.0. The fourth-order valence-electron chi connectivity index (χ4n) is 1.80. The second kappa shape index (κ2) is 8.84. The third kappa shape index (κ3) is 6.27. The standard InChI is InChI=1S/C14H22F2N2O2/c1-10(2)20-12-5-3-4-11(8-12)13(18-17)6-7-19-9-14(15)16/h3-5,8,10,13-14,18H,6-7,9,17H2,1-2H3. The summed E-state index contributed by atoms with van der Waals surface area (Å²) in [5.74, 6) is 6.26. The van der Waals surface area contributed by atoms with Gasteiger partial charge in [-0.25, -0.2) is 8.78 Å². The van der Waals surface area contributed by atoms with Gasteiger partial charge in [0, 0.05) is 12.6 Å². The van der Waals surface area contributed by atoms with E-state index in [-0.39, 0.29) is 18.8 Å². The van der Waals surface area contributed by atoms with Crippen LogP contribution in [0.4, 0.5) is 8.78 Å². The van der Waals surface area contributed by atoms with E-state index in [1.807, 2.05) is 38.1 Å². The third-order valence-corrected chi connectivity index (χ3v) is 2.63. The van der Waals surface area contributed by atoms with Crippen LogP contribution in [-0.2, 0) is 4.74 Å². The van der Waals surface area contributed by atoms with Crippen molar-refractivity contribution in [2.75, 3.05) is 13.2 Å². The van der Waals surface area contributed by atoms with E-state index in [1.54, 1.807) is 0 Å². The van der Waals surface area contributed by atoms with Gasteiger partial charge < -0.3 is 9.47 Å². The van der Waals surface area contributed by atoms with E-state index in [1.165, 1.54) is 0 Å². The van der Waals surface area contributed by atoms with Crippen LogP contribution < -0.4 is 16.0 Å². The fourth-order valence-corrected chi connectivity index (χ4v) is 1.80. The number of hydrogen-bond donors (Lipinski definition) is 2. The van der Waals surface area contributed by atoms with Gasteiger partial charge in [-0.1, -0.05) is 12.1 Å². The highest BCUT2D eigenvalue weighted by molar-refractivity contribution is 5.30. The molecule has 0 aromatic heterocycles. The SMILES string of the molecule is CC(C)Oc1cccc(C(CCOCC(F)F)NN)c1. The molecule has 3 N–H and O–H groups in total. The zero-order valence-electron chi connectivity index (χ0n) is 11.8. The van der Waals surface area contributed by atoms with Crippen LogP contribution in [0.15, 0.2) is 24.3 Å². The Balaban J connectivity index is 2.55. The minimum Gasteiger partial charge on any atom is -0.491 e. The van der Waals surface area contributed by atoms with Gasteiger partial charge in [0.1, 0.15) is 12.4 Å². The smallest absolute Gasteiger partial charge is 0.261 e. The summed E-state index contributed by atoms with van der Waals surface area (Å²) in [6.07, 6.45) is -1.85. The normalized spacial score (nSPS) is 12.9. The molecule has 0 fully saturated rings. The van der Waals surface area contributed by atoms with Gasteiger partial charge in [0.15, 0.2) is 0 Å². The van der Waals surface area contributed by atoms with Gasteiger partial charge in [-0.05, 0) is 38.0 Å². The molecule has 0 aliphatic rings. The van der Waals surface area contributed by atoms with Crippen molar-refractivity contribution in [1.82, 2.24) is 5.43 Å². The predicted molar refractivity (Wildman–Crippen MR) is 73.7 cm³/mol. The lowest BCUT2D eigenvalue weighted by atomic mass is 10.0. The monoisotopic (exact) mass is 288 g/mol. The molecule has 1 rings (SSSR count). The molecule has 4 nitrogen and oxygen atoms in total. The lowest BCUT2D eigenvalue weighted by molar-refractivity contribution is 0.0143. The van der Waals surface area contributed by atoms with Gasteiger partial charge in [-0.3, -0.25) is 11.3 Å². The van der Waals surface area contributed by atoms with Crippen LogP contribution in [-0.4, -0.2) is 25.7 Å². The minimum absolute atomic E-state index is 0.0870. The number of rotatable bonds is 9. The largest absolute Gasteiger partial charge is 0.491 e. The highest BCUT2D eigenvalue weighted by Gasteiger charge is 2.11. The van der Waals surface area contributed by atoms with Crippen molar-refractivity contribution in [2.24, 2.45) is 5.84 Å². The first kappa shape index (κ1) is 16.8. The van der Waals surface area contributed by atoms with E-state index in [2.05, 4.69) is 5.43 Å². The molecule has 20 heavy (non-hydrogen) atoms. The molecule has 0 heterocycles. The number of benzene rings is 1. The number of alkyl halides is 2. The van der Waals surface area contributed by atoms with Crippen LogP contribution in [0.25, 0.3) is 0 Å². The lowest BCUT2D eigenvalue weighted by Gasteiger charge is -2.18. The third-order valence-electron chi connectivity index (χ3n) is 2.63. The maximum atomic E-state index is 12.0. The molecule has 0 aliphatic heterocycles. The molecule has 1 unspecified atom stereocenters. The van der Waals surface area contributed by atoms with Crippen LogP contribution in [0.1, 0.15) is 31.9 Å². The van der Waals surface area contributed by atoms with Crippen molar-refractivity contribution >= 4 is 0 Å². The van der Waals surface area contributed by atoms with Crippen LogP contribution in [0.3, 0.4) is 0 Å². The topological polar surface area (TPSA) is 56.5 Å². The Hall–Kier alpha value is -1.24. The van der Waals surface area contributed by atoms with E-state index in [4.69, 9.17) is 15.3 Å². The molecule has 1 atom stereocenters. The summed E-state index contributed by atoms with van der Waals surface area (Å²) in [6.45, 7) is 3.56. The van der Waals surface area contributed by atoms with E-state index in [0.29, 0.717) is 6.42 Å². The van der Waals surface area contributed by atoms with Crippen molar-refractivity contribution in [3.63, 3.8) is 0 Å². The quantitative estimate of drug-likeness (QED) is 0.417. The van der Waals surface area contributed by atoms with Gasteiger partial charge in [-0.15, -0.1) is 0 Å². The molecular weight excluding hydrogens is 266 g/mol. The molecular formula is C14H22F2N2O2. The molecule has 6 heteroatoms. The van der Waals surface area contributed by atoms with E-state index in [0.717, 1.165) is 11.3 Å². The molecule has 1 aromatic carbocycles. The molecule has 0 saturated heterocycles. The predicted octanol–water partition coefficient (Wildman–Crippen LogP) is 2.65. The highest BCUT2D eigenvalue weighted by Crippen LogP contribution is 2.22. The van der Waals surface area contributed by atoms with Crippen LogP contribution in [0.5, 0.6) is 5.75 Å². The summed E-state index contributed by atoms with van der Waals surface area (Å²) in [5, 5.41) is 0. The molecule has 0 spiro atoms. The van der Waals surface area contributed by atoms with Crippen LogP contribution in [0, 0.1) is 0 Å². The van der Waals surface area contributed by atoms with Gasteiger partial charge >= 0.3 is 0 Å². The maximum Gasteiger partial charge on any atom is 0.261 e. The fraction of sp³-hybridized carbons (Fsp3) is 0.571. The average molecular weight is 288 g/mol. The molecule has 0 saturated carbocycles. The Morgan fingerprint density at radius 3 is 2.65 bits per heavy atom. The number of ether oxygens (including phenoxy) is 2. The van der Waals surface area contributed by atoms with Gasteiger partial charge in [0.05, 0.1) is 6.10 Å². The van der Waals surface area contributed by atoms with Crippen molar-refractivity contribution in [2.45, 2.75) is 38.8 Å². The van der Waals surface area contributed by atoms with Gasteiger partial charge in [0.2, 0.25) is 0 Å². The van der Waals surface area contributed by atoms with Crippen LogP contribution in [0.2, 0.25) is 0 Å². The van der Waals surface area contributed by atoms with Crippen molar-refractivity contribution < 1.29 is 18.3 Å². The summed E-state index contributed by atoms with van der Waals surface area (Å²) in [4.78, 5) is 0. The molecule has 1 aromatic rings. The number of nitrogens with two attached hydrogens (primary N) is 1. The number of hydrazine groups is 1. The van der Waals surface area contributed by atoms with Gasteiger partial charge in [0.25, 0.3) is 6.43 Å². The molecule has 0 amide bonds. The summed E-state index contributed by atoms with van der Waals surface area (Å²) in [7, 11) is 0. The number of halogens is 2.